The molecule has 3 aromatic carbocycles. The smallest absolute Gasteiger partial charge is 0.269 e. The van der Waals surface area contributed by atoms with E-state index in [1.54, 1.807) is 17.0 Å². The van der Waals surface area contributed by atoms with Crippen molar-refractivity contribution in [2.24, 2.45) is 0 Å². The molecular formula is C22H18N2O4S. The van der Waals surface area contributed by atoms with E-state index in [0.29, 0.717) is 12.4 Å². The Morgan fingerprint density at radius 3 is 2.34 bits per heavy atom. The van der Waals surface area contributed by atoms with Crippen LogP contribution in [0.5, 0.6) is 5.75 Å². The number of thioether (sulfide) groups is 1. The van der Waals surface area contributed by atoms with E-state index in [9.17, 15) is 14.9 Å². The molecule has 1 atom stereocenters. The summed E-state index contributed by atoms with van der Waals surface area (Å²) in [5, 5.41) is 10.7. The normalized spacial score (nSPS) is 16.1. The van der Waals surface area contributed by atoms with E-state index < -0.39 is 4.92 Å². The summed E-state index contributed by atoms with van der Waals surface area (Å²) >= 11 is 1.51. The lowest BCUT2D eigenvalue weighted by Crippen LogP contribution is -2.27. The monoisotopic (exact) mass is 406 g/mol. The lowest BCUT2D eigenvalue weighted by Gasteiger charge is -2.24. The number of carbonyl (C=O) groups excluding carboxylic acids is 1. The Balaban J connectivity index is 1.49. The van der Waals surface area contributed by atoms with Crippen LogP contribution in [0, 0.1) is 10.1 Å². The average molecular weight is 406 g/mol. The van der Waals surface area contributed by atoms with Crippen LogP contribution in [0.2, 0.25) is 0 Å². The molecule has 0 aromatic heterocycles. The van der Waals surface area contributed by atoms with Crippen molar-refractivity contribution in [1.29, 1.82) is 0 Å². The van der Waals surface area contributed by atoms with Crippen LogP contribution in [0.15, 0.2) is 78.9 Å². The fourth-order valence-electron chi connectivity index (χ4n) is 3.15. The zero-order valence-electron chi connectivity index (χ0n) is 15.4. The Morgan fingerprint density at radius 1 is 1.00 bits per heavy atom. The topological polar surface area (TPSA) is 72.7 Å². The molecule has 4 rings (SSSR count). The summed E-state index contributed by atoms with van der Waals surface area (Å²) in [4.78, 5) is 24.7. The molecule has 146 valence electrons. The van der Waals surface area contributed by atoms with E-state index in [0.717, 1.165) is 22.6 Å². The van der Waals surface area contributed by atoms with E-state index in [2.05, 4.69) is 0 Å². The van der Waals surface area contributed by atoms with Crippen LogP contribution >= 0.6 is 11.8 Å². The lowest BCUT2D eigenvalue weighted by molar-refractivity contribution is -0.384. The summed E-state index contributed by atoms with van der Waals surface area (Å²) in [5.74, 6) is 1.11. The predicted molar refractivity (Wildman–Crippen MR) is 113 cm³/mol. The van der Waals surface area contributed by atoms with Gasteiger partial charge in [-0.2, -0.15) is 0 Å². The Labute approximate surface area is 172 Å². The summed E-state index contributed by atoms with van der Waals surface area (Å²) in [6.07, 6.45) is 0. The predicted octanol–water partition coefficient (Wildman–Crippen LogP) is 4.95. The third-order valence-corrected chi connectivity index (χ3v) is 5.83. The van der Waals surface area contributed by atoms with E-state index in [4.69, 9.17) is 4.74 Å². The molecule has 0 radical (unpaired) electrons. The van der Waals surface area contributed by atoms with Gasteiger partial charge in [-0.05, 0) is 47.5 Å². The minimum Gasteiger partial charge on any atom is -0.489 e. The number of hydrogen-bond donors (Lipinski definition) is 0. The van der Waals surface area contributed by atoms with Crippen LogP contribution in [0.3, 0.4) is 0 Å². The quantitative estimate of drug-likeness (QED) is 0.428. The Bertz CT molecular complexity index is 1010. The maximum absolute atomic E-state index is 12.5. The molecule has 0 saturated carbocycles. The van der Waals surface area contributed by atoms with Crippen LogP contribution in [0.4, 0.5) is 11.4 Å². The van der Waals surface area contributed by atoms with Crippen molar-refractivity contribution in [3.8, 4) is 5.75 Å². The first kappa shape index (κ1) is 19.0. The third-order valence-electron chi connectivity index (χ3n) is 4.62. The van der Waals surface area contributed by atoms with Crippen molar-refractivity contribution in [2.45, 2.75) is 12.0 Å². The van der Waals surface area contributed by atoms with E-state index in [1.165, 1.54) is 23.9 Å². The molecule has 6 nitrogen and oxygen atoms in total. The van der Waals surface area contributed by atoms with E-state index in [1.807, 2.05) is 54.6 Å². The second-order valence-corrected chi connectivity index (χ2v) is 7.61. The molecule has 29 heavy (non-hydrogen) atoms. The number of nitrogens with zero attached hydrogens (tertiary/aromatic N) is 2. The molecule has 0 aliphatic carbocycles. The molecule has 1 aliphatic rings. The van der Waals surface area contributed by atoms with Gasteiger partial charge >= 0.3 is 0 Å². The highest BCUT2D eigenvalue weighted by Crippen LogP contribution is 2.42. The SMILES string of the molecule is O=C1CSC(c2ccc([N+](=O)[O-])cc2)N1c1ccc(OCc2ccccc2)cc1. The van der Waals surface area contributed by atoms with Gasteiger partial charge in [0.2, 0.25) is 5.91 Å². The van der Waals surface area contributed by atoms with Gasteiger partial charge < -0.3 is 4.74 Å². The Morgan fingerprint density at radius 2 is 1.69 bits per heavy atom. The Hall–Kier alpha value is -3.32. The van der Waals surface area contributed by atoms with Crippen molar-refractivity contribution in [1.82, 2.24) is 0 Å². The molecule has 1 unspecified atom stereocenters. The first-order valence-electron chi connectivity index (χ1n) is 9.06. The number of carbonyl (C=O) groups is 1. The molecule has 1 amide bonds. The largest absolute Gasteiger partial charge is 0.489 e. The number of rotatable bonds is 6. The van der Waals surface area contributed by atoms with Crippen LogP contribution in [0.25, 0.3) is 0 Å². The summed E-state index contributed by atoms with van der Waals surface area (Å²) in [6, 6.07) is 23.7. The zero-order valence-corrected chi connectivity index (χ0v) is 16.2. The standard InChI is InChI=1S/C22H18N2O4S/c25-21-15-29-22(17-6-8-19(9-7-17)24(26)27)23(21)18-10-12-20(13-11-18)28-14-16-4-2-1-3-5-16/h1-13,22H,14-15H2. The van der Waals surface area contributed by atoms with Crippen LogP contribution in [-0.4, -0.2) is 16.6 Å². The summed E-state index contributed by atoms with van der Waals surface area (Å²) in [7, 11) is 0. The van der Waals surface area contributed by atoms with Crippen molar-refractivity contribution in [2.75, 3.05) is 10.7 Å². The van der Waals surface area contributed by atoms with E-state index in [-0.39, 0.29) is 17.0 Å². The highest BCUT2D eigenvalue weighted by molar-refractivity contribution is 8.00. The van der Waals surface area contributed by atoms with Gasteiger partial charge in [0, 0.05) is 17.8 Å². The van der Waals surface area contributed by atoms with Gasteiger partial charge in [-0.3, -0.25) is 19.8 Å². The van der Waals surface area contributed by atoms with Crippen molar-refractivity contribution in [3.05, 3.63) is 100 Å². The number of anilines is 1. The molecule has 1 aliphatic heterocycles. The van der Waals surface area contributed by atoms with Gasteiger partial charge in [0.15, 0.2) is 0 Å². The number of amides is 1. The van der Waals surface area contributed by atoms with Gasteiger partial charge in [0.05, 0.1) is 10.7 Å². The number of nitro groups is 1. The first-order chi connectivity index (χ1) is 14.1. The molecule has 0 N–H and O–H groups in total. The summed E-state index contributed by atoms with van der Waals surface area (Å²) in [5.41, 5.74) is 2.75. The highest BCUT2D eigenvalue weighted by atomic mass is 32.2. The number of non-ortho nitro benzene ring substituents is 1. The average Bonchev–Trinajstić information content (AvgIpc) is 3.15. The second kappa shape index (κ2) is 8.36. The summed E-state index contributed by atoms with van der Waals surface area (Å²) < 4.78 is 5.81. The van der Waals surface area contributed by atoms with Crippen molar-refractivity contribution >= 4 is 29.0 Å². The minimum absolute atomic E-state index is 0.0105. The van der Waals surface area contributed by atoms with Gasteiger partial charge in [0.1, 0.15) is 17.7 Å². The van der Waals surface area contributed by atoms with Crippen LogP contribution in [0.1, 0.15) is 16.5 Å². The van der Waals surface area contributed by atoms with Crippen LogP contribution < -0.4 is 9.64 Å². The summed E-state index contributed by atoms with van der Waals surface area (Å²) in [6.45, 7) is 0.476. The number of nitro benzene ring substituents is 1. The van der Waals surface area contributed by atoms with Gasteiger partial charge in [0.25, 0.3) is 5.69 Å². The number of benzene rings is 3. The molecule has 1 fully saturated rings. The molecule has 7 heteroatoms. The lowest BCUT2D eigenvalue weighted by atomic mass is 10.1. The van der Waals surface area contributed by atoms with Gasteiger partial charge in [-0.1, -0.05) is 30.3 Å². The zero-order chi connectivity index (χ0) is 20.2. The van der Waals surface area contributed by atoms with E-state index >= 15 is 0 Å². The Kier molecular flexibility index (Phi) is 5.48. The fraction of sp³-hybridized carbons (Fsp3) is 0.136. The molecular weight excluding hydrogens is 388 g/mol. The number of hydrogen-bond acceptors (Lipinski definition) is 5. The highest BCUT2D eigenvalue weighted by Gasteiger charge is 2.34. The van der Waals surface area contributed by atoms with Crippen molar-refractivity contribution < 1.29 is 14.5 Å². The fourth-order valence-corrected chi connectivity index (χ4v) is 4.33. The molecule has 0 bridgehead atoms. The first-order valence-corrected chi connectivity index (χ1v) is 10.1. The molecule has 1 heterocycles. The maximum Gasteiger partial charge on any atom is 0.269 e. The van der Waals surface area contributed by atoms with Crippen LogP contribution in [-0.2, 0) is 11.4 Å². The molecule has 1 saturated heterocycles. The van der Waals surface area contributed by atoms with Gasteiger partial charge in [-0.15, -0.1) is 11.8 Å². The maximum atomic E-state index is 12.5. The third kappa shape index (κ3) is 4.25. The molecule has 3 aromatic rings. The second-order valence-electron chi connectivity index (χ2n) is 6.54. The van der Waals surface area contributed by atoms with Gasteiger partial charge in [-0.25, -0.2) is 0 Å². The molecule has 0 spiro atoms. The number of ether oxygens (including phenoxy) is 1. The van der Waals surface area contributed by atoms with Crippen molar-refractivity contribution in [3.63, 3.8) is 0 Å². The minimum atomic E-state index is -0.428.